The van der Waals surface area contributed by atoms with Crippen molar-refractivity contribution in [3.63, 3.8) is 0 Å². The summed E-state index contributed by atoms with van der Waals surface area (Å²) in [5.41, 5.74) is 1.24. The summed E-state index contributed by atoms with van der Waals surface area (Å²) < 4.78 is 1.07. The highest BCUT2D eigenvalue weighted by atomic mass is 79.9. The van der Waals surface area contributed by atoms with Crippen molar-refractivity contribution in [2.75, 3.05) is 24.6 Å². The third kappa shape index (κ3) is 3.00. The maximum Gasteiger partial charge on any atom is 0.0647 e. The smallest absolute Gasteiger partial charge is 0.0647 e. The predicted octanol–water partition coefficient (Wildman–Crippen LogP) is 2.00. The van der Waals surface area contributed by atoms with Crippen LogP contribution < -0.4 is 10.2 Å². The van der Waals surface area contributed by atoms with Crippen LogP contribution in [0.1, 0.15) is 13.8 Å². The molecule has 2 N–H and O–H groups in total. The minimum absolute atomic E-state index is 0.0774. The van der Waals surface area contributed by atoms with E-state index in [4.69, 9.17) is 0 Å². The van der Waals surface area contributed by atoms with Gasteiger partial charge in [0.1, 0.15) is 0 Å². The maximum absolute atomic E-state index is 9.47. The van der Waals surface area contributed by atoms with Crippen LogP contribution in [0.4, 0.5) is 5.69 Å². The molecule has 1 aliphatic rings. The van der Waals surface area contributed by atoms with Crippen LogP contribution in [0.25, 0.3) is 0 Å². The van der Waals surface area contributed by atoms with E-state index in [0.717, 1.165) is 23.2 Å². The first-order valence-electron chi connectivity index (χ1n) is 5.90. The summed E-state index contributed by atoms with van der Waals surface area (Å²) in [7, 11) is 0. The number of aliphatic hydroxyl groups is 1. The van der Waals surface area contributed by atoms with Gasteiger partial charge in [0.2, 0.25) is 0 Å². The zero-order chi connectivity index (χ0) is 12.5. The van der Waals surface area contributed by atoms with Gasteiger partial charge in [0.15, 0.2) is 0 Å². The summed E-state index contributed by atoms with van der Waals surface area (Å²) in [5, 5.41) is 12.9. The molecule has 0 amide bonds. The summed E-state index contributed by atoms with van der Waals surface area (Å²) in [5.74, 6) is 0. The van der Waals surface area contributed by atoms with Gasteiger partial charge >= 0.3 is 0 Å². The zero-order valence-corrected chi connectivity index (χ0v) is 11.9. The second-order valence-electron chi connectivity index (χ2n) is 5.21. The SMILES string of the molecule is CC1(C)CN(c2cccc(Br)c2)C(CO)CN1. The van der Waals surface area contributed by atoms with E-state index in [2.05, 4.69) is 52.1 Å². The third-order valence-corrected chi connectivity index (χ3v) is 3.67. The van der Waals surface area contributed by atoms with Crippen LogP contribution in [0.3, 0.4) is 0 Å². The molecule has 1 aromatic carbocycles. The van der Waals surface area contributed by atoms with Gasteiger partial charge in [-0.2, -0.15) is 0 Å². The fraction of sp³-hybridized carbons (Fsp3) is 0.538. The number of nitrogens with one attached hydrogen (secondary N) is 1. The molecule has 0 bridgehead atoms. The van der Waals surface area contributed by atoms with E-state index in [1.807, 2.05) is 12.1 Å². The van der Waals surface area contributed by atoms with Crippen molar-refractivity contribution in [1.29, 1.82) is 0 Å². The average Bonchev–Trinajstić information content (AvgIpc) is 2.28. The van der Waals surface area contributed by atoms with Gasteiger partial charge in [0.05, 0.1) is 12.6 Å². The number of hydrogen-bond donors (Lipinski definition) is 2. The fourth-order valence-corrected chi connectivity index (χ4v) is 2.62. The molecule has 1 atom stereocenters. The number of benzene rings is 1. The maximum atomic E-state index is 9.47. The van der Waals surface area contributed by atoms with Gasteiger partial charge in [0.25, 0.3) is 0 Å². The Hall–Kier alpha value is -0.580. The minimum Gasteiger partial charge on any atom is -0.394 e. The third-order valence-electron chi connectivity index (χ3n) is 3.17. The second-order valence-corrected chi connectivity index (χ2v) is 6.12. The molecule has 1 aromatic rings. The molecule has 1 saturated heterocycles. The largest absolute Gasteiger partial charge is 0.394 e. The number of halogens is 1. The second kappa shape index (κ2) is 4.96. The number of anilines is 1. The molecular weight excluding hydrogens is 280 g/mol. The lowest BCUT2D eigenvalue weighted by Gasteiger charge is -2.45. The van der Waals surface area contributed by atoms with Crippen LogP contribution in [-0.4, -0.2) is 36.4 Å². The summed E-state index contributed by atoms with van der Waals surface area (Å²) in [6.07, 6.45) is 0. The van der Waals surface area contributed by atoms with Gasteiger partial charge < -0.3 is 15.3 Å². The molecular formula is C13H19BrN2O. The van der Waals surface area contributed by atoms with Crippen LogP contribution in [0, 0.1) is 0 Å². The van der Waals surface area contributed by atoms with Crippen molar-refractivity contribution in [1.82, 2.24) is 5.32 Å². The van der Waals surface area contributed by atoms with Crippen LogP contribution >= 0.6 is 15.9 Å². The van der Waals surface area contributed by atoms with E-state index in [9.17, 15) is 5.11 Å². The Labute approximate surface area is 111 Å². The number of aliphatic hydroxyl groups excluding tert-OH is 1. The summed E-state index contributed by atoms with van der Waals surface area (Å²) in [6, 6.07) is 8.39. The molecule has 2 rings (SSSR count). The Bertz CT molecular complexity index is 395. The van der Waals surface area contributed by atoms with Crippen molar-refractivity contribution in [2.45, 2.75) is 25.4 Å². The number of hydrogen-bond acceptors (Lipinski definition) is 3. The first-order chi connectivity index (χ1) is 8.02. The van der Waals surface area contributed by atoms with Crippen LogP contribution in [0.5, 0.6) is 0 Å². The molecule has 94 valence electrons. The van der Waals surface area contributed by atoms with Gasteiger partial charge in [-0.1, -0.05) is 22.0 Å². The van der Waals surface area contributed by atoms with Gasteiger partial charge in [0, 0.05) is 28.8 Å². The first kappa shape index (κ1) is 12.9. The van der Waals surface area contributed by atoms with E-state index < -0.39 is 0 Å². The molecule has 0 aliphatic carbocycles. The number of rotatable bonds is 2. The van der Waals surface area contributed by atoms with Crippen molar-refractivity contribution in [3.05, 3.63) is 28.7 Å². The van der Waals surface area contributed by atoms with Crippen molar-refractivity contribution >= 4 is 21.6 Å². The van der Waals surface area contributed by atoms with Crippen LogP contribution in [0.15, 0.2) is 28.7 Å². The van der Waals surface area contributed by atoms with E-state index >= 15 is 0 Å². The number of piperazine rings is 1. The molecule has 0 saturated carbocycles. The lowest BCUT2D eigenvalue weighted by molar-refractivity contribution is 0.215. The minimum atomic E-state index is 0.0774. The molecule has 1 fully saturated rings. The Balaban J connectivity index is 2.26. The molecule has 0 radical (unpaired) electrons. The molecule has 0 aromatic heterocycles. The highest BCUT2D eigenvalue weighted by Crippen LogP contribution is 2.25. The standard InChI is InChI=1S/C13H19BrN2O/c1-13(2)9-16(12(8-17)7-15-13)11-5-3-4-10(14)6-11/h3-6,12,15,17H,7-9H2,1-2H3. The zero-order valence-electron chi connectivity index (χ0n) is 10.3. The van der Waals surface area contributed by atoms with E-state index in [0.29, 0.717) is 0 Å². The average molecular weight is 299 g/mol. The lowest BCUT2D eigenvalue weighted by Crippen LogP contribution is -2.62. The van der Waals surface area contributed by atoms with Gasteiger partial charge in [-0.25, -0.2) is 0 Å². The lowest BCUT2D eigenvalue weighted by atomic mass is 9.98. The van der Waals surface area contributed by atoms with Crippen LogP contribution in [-0.2, 0) is 0 Å². The molecule has 1 heterocycles. The van der Waals surface area contributed by atoms with Gasteiger partial charge in [-0.05, 0) is 32.0 Å². The van der Waals surface area contributed by atoms with Crippen molar-refractivity contribution < 1.29 is 5.11 Å². The van der Waals surface area contributed by atoms with Gasteiger partial charge in [-0.3, -0.25) is 0 Å². The molecule has 0 spiro atoms. The molecule has 1 unspecified atom stereocenters. The number of nitrogens with zero attached hydrogens (tertiary/aromatic N) is 1. The summed E-state index contributed by atoms with van der Waals surface area (Å²) in [4.78, 5) is 2.28. The summed E-state index contributed by atoms with van der Waals surface area (Å²) in [6.45, 7) is 6.26. The van der Waals surface area contributed by atoms with Crippen LogP contribution in [0.2, 0.25) is 0 Å². The predicted molar refractivity (Wildman–Crippen MR) is 74.4 cm³/mol. The van der Waals surface area contributed by atoms with Gasteiger partial charge in [-0.15, -0.1) is 0 Å². The molecule has 17 heavy (non-hydrogen) atoms. The molecule has 3 nitrogen and oxygen atoms in total. The van der Waals surface area contributed by atoms with E-state index in [1.165, 1.54) is 0 Å². The normalized spacial score (nSPS) is 23.8. The quantitative estimate of drug-likeness (QED) is 0.877. The van der Waals surface area contributed by atoms with E-state index in [1.54, 1.807) is 0 Å². The topological polar surface area (TPSA) is 35.5 Å². The highest BCUT2D eigenvalue weighted by Gasteiger charge is 2.32. The van der Waals surface area contributed by atoms with E-state index in [-0.39, 0.29) is 18.2 Å². The van der Waals surface area contributed by atoms with Crippen molar-refractivity contribution in [3.8, 4) is 0 Å². The Morgan fingerprint density at radius 2 is 2.29 bits per heavy atom. The first-order valence-corrected chi connectivity index (χ1v) is 6.69. The monoisotopic (exact) mass is 298 g/mol. The highest BCUT2D eigenvalue weighted by molar-refractivity contribution is 9.10. The molecule has 4 heteroatoms. The summed E-state index contributed by atoms with van der Waals surface area (Å²) >= 11 is 3.49. The fourth-order valence-electron chi connectivity index (χ4n) is 2.24. The Morgan fingerprint density at radius 3 is 2.94 bits per heavy atom. The molecule has 1 aliphatic heterocycles. The van der Waals surface area contributed by atoms with Crippen molar-refractivity contribution in [2.24, 2.45) is 0 Å². The Kier molecular flexibility index (Phi) is 3.76. The Morgan fingerprint density at radius 1 is 1.53 bits per heavy atom.